The van der Waals surface area contributed by atoms with E-state index in [1.54, 1.807) is 31.2 Å². The molecular weight excluding hydrogens is 371 g/mol. The average Bonchev–Trinajstić information content (AvgIpc) is 3.16. The number of hydrogen-bond acceptors (Lipinski definition) is 6. The SMILES string of the molecule is Cc1nc(-c2ccc(F)cc2)sc1C(=O)ON1C(=O)c2ccccc2C1=O. The molecule has 0 atom stereocenters. The molecule has 0 aliphatic carbocycles. The second kappa shape index (κ2) is 6.40. The molecule has 3 aromatic rings. The number of imide groups is 1. The molecule has 0 bridgehead atoms. The number of carbonyl (C=O) groups is 3. The van der Waals surface area contributed by atoms with E-state index in [-0.39, 0.29) is 21.8 Å². The summed E-state index contributed by atoms with van der Waals surface area (Å²) in [5, 5.41) is 0.964. The highest BCUT2D eigenvalue weighted by molar-refractivity contribution is 7.17. The molecule has 0 radical (unpaired) electrons. The van der Waals surface area contributed by atoms with Crippen molar-refractivity contribution < 1.29 is 23.6 Å². The predicted octanol–water partition coefficient (Wildman–Crippen LogP) is 3.63. The van der Waals surface area contributed by atoms with Crippen molar-refractivity contribution in [3.63, 3.8) is 0 Å². The number of carbonyl (C=O) groups excluding carboxylic acids is 3. The van der Waals surface area contributed by atoms with Crippen LogP contribution >= 0.6 is 11.3 Å². The topological polar surface area (TPSA) is 76.6 Å². The number of fused-ring (bicyclic) bond motifs is 1. The van der Waals surface area contributed by atoms with Gasteiger partial charge in [-0.1, -0.05) is 17.2 Å². The van der Waals surface area contributed by atoms with E-state index < -0.39 is 17.8 Å². The zero-order valence-electron chi connectivity index (χ0n) is 13.9. The van der Waals surface area contributed by atoms with Crippen molar-refractivity contribution in [2.24, 2.45) is 0 Å². The summed E-state index contributed by atoms with van der Waals surface area (Å²) in [6.07, 6.45) is 0. The van der Waals surface area contributed by atoms with Gasteiger partial charge >= 0.3 is 5.97 Å². The molecular formula is C19H11FN2O4S. The summed E-state index contributed by atoms with van der Waals surface area (Å²) in [6.45, 7) is 1.61. The summed E-state index contributed by atoms with van der Waals surface area (Å²) in [5.41, 5.74) is 1.40. The van der Waals surface area contributed by atoms with Gasteiger partial charge in [-0.15, -0.1) is 11.3 Å². The lowest BCUT2D eigenvalue weighted by Gasteiger charge is -2.11. The summed E-state index contributed by atoms with van der Waals surface area (Å²) >= 11 is 1.04. The molecule has 0 unspecified atom stereocenters. The number of thiazole rings is 1. The van der Waals surface area contributed by atoms with E-state index in [1.165, 1.54) is 24.3 Å². The molecule has 2 heterocycles. The highest BCUT2D eigenvalue weighted by Crippen LogP contribution is 2.30. The van der Waals surface area contributed by atoms with Crippen LogP contribution in [0, 0.1) is 12.7 Å². The number of hydroxylamine groups is 2. The highest BCUT2D eigenvalue weighted by atomic mass is 32.1. The minimum Gasteiger partial charge on any atom is -0.323 e. The Balaban J connectivity index is 1.59. The van der Waals surface area contributed by atoms with Crippen molar-refractivity contribution >= 4 is 29.1 Å². The van der Waals surface area contributed by atoms with Gasteiger partial charge in [0.1, 0.15) is 15.7 Å². The van der Waals surface area contributed by atoms with Gasteiger partial charge in [-0.25, -0.2) is 14.2 Å². The van der Waals surface area contributed by atoms with E-state index in [9.17, 15) is 18.8 Å². The number of halogens is 1. The predicted molar refractivity (Wildman–Crippen MR) is 94.6 cm³/mol. The van der Waals surface area contributed by atoms with Crippen LogP contribution in [0.2, 0.25) is 0 Å². The Morgan fingerprint density at radius 2 is 1.63 bits per heavy atom. The van der Waals surface area contributed by atoms with Crippen LogP contribution in [0.3, 0.4) is 0 Å². The molecule has 1 aromatic heterocycles. The molecule has 0 spiro atoms. The molecule has 27 heavy (non-hydrogen) atoms. The molecule has 0 saturated carbocycles. The molecule has 2 amide bonds. The fourth-order valence-electron chi connectivity index (χ4n) is 2.68. The fourth-order valence-corrected chi connectivity index (χ4v) is 3.62. The van der Waals surface area contributed by atoms with Crippen molar-refractivity contribution in [2.75, 3.05) is 0 Å². The van der Waals surface area contributed by atoms with Crippen LogP contribution in [0.25, 0.3) is 10.6 Å². The second-order valence-corrected chi connectivity index (χ2v) is 6.77. The lowest BCUT2D eigenvalue weighted by molar-refractivity contribution is -0.0581. The summed E-state index contributed by atoms with van der Waals surface area (Å²) in [5.74, 6) is -2.61. The van der Waals surface area contributed by atoms with E-state index in [1.807, 2.05) is 0 Å². The average molecular weight is 382 g/mol. The molecule has 6 nitrogen and oxygen atoms in total. The summed E-state index contributed by atoms with van der Waals surface area (Å²) in [6, 6.07) is 11.9. The maximum absolute atomic E-state index is 13.1. The Labute approximate surface area is 156 Å². The smallest absolute Gasteiger partial charge is 0.323 e. The van der Waals surface area contributed by atoms with Crippen LogP contribution in [0.4, 0.5) is 4.39 Å². The first kappa shape index (κ1) is 17.0. The first-order valence-electron chi connectivity index (χ1n) is 7.89. The minimum absolute atomic E-state index is 0.158. The van der Waals surface area contributed by atoms with Crippen LogP contribution in [0.5, 0.6) is 0 Å². The van der Waals surface area contributed by atoms with Gasteiger partial charge in [-0.3, -0.25) is 9.59 Å². The zero-order valence-corrected chi connectivity index (χ0v) is 14.7. The monoisotopic (exact) mass is 382 g/mol. The third-order valence-electron chi connectivity index (χ3n) is 4.00. The standard InChI is InChI=1S/C19H11FN2O4S/c1-10-15(27-16(21-10)11-6-8-12(20)9-7-11)19(25)26-22-17(23)13-4-2-3-5-14(13)18(22)24/h2-9H,1H3. The van der Waals surface area contributed by atoms with Gasteiger partial charge in [-0.05, 0) is 43.3 Å². The number of rotatable bonds is 3. The molecule has 1 aliphatic heterocycles. The van der Waals surface area contributed by atoms with Gasteiger partial charge in [-0.2, -0.15) is 0 Å². The third kappa shape index (κ3) is 2.89. The van der Waals surface area contributed by atoms with E-state index in [2.05, 4.69) is 4.98 Å². The lowest BCUT2D eigenvalue weighted by Crippen LogP contribution is -2.32. The van der Waals surface area contributed by atoms with Crippen molar-refractivity contribution in [1.29, 1.82) is 0 Å². The normalized spacial score (nSPS) is 13.0. The Morgan fingerprint density at radius 1 is 1.04 bits per heavy atom. The Morgan fingerprint density at radius 3 is 2.22 bits per heavy atom. The maximum Gasteiger partial charge on any atom is 0.375 e. The molecule has 4 rings (SSSR count). The molecule has 2 aromatic carbocycles. The van der Waals surface area contributed by atoms with E-state index in [0.29, 0.717) is 21.3 Å². The second-order valence-electron chi connectivity index (χ2n) is 5.77. The first-order valence-corrected chi connectivity index (χ1v) is 8.71. The van der Waals surface area contributed by atoms with Gasteiger partial charge < -0.3 is 4.84 Å². The highest BCUT2D eigenvalue weighted by Gasteiger charge is 2.39. The fraction of sp³-hybridized carbons (Fsp3) is 0.0526. The number of benzene rings is 2. The number of amides is 2. The Hall–Kier alpha value is -3.39. The minimum atomic E-state index is -0.854. The lowest BCUT2D eigenvalue weighted by atomic mass is 10.1. The largest absolute Gasteiger partial charge is 0.375 e. The van der Waals surface area contributed by atoms with Gasteiger partial charge in [0, 0.05) is 5.56 Å². The Bertz CT molecular complexity index is 1060. The molecule has 8 heteroatoms. The van der Waals surface area contributed by atoms with Crippen LogP contribution in [0.15, 0.2) is 48.5 Å². The first-order chi connectivity index (χ1) is 13.0. The van der Waals surface area contributed by atoms with Gasteiger partial charge in [0.25, 0.3) is 11.8 Å². The number of nitrogens with zero attached hydrogens (tertiary/aromatic N) is 2. The van der Waals surface area contributed by atoms with Crippen molar-refractivity contribution in [3.05, 3.63) is 76.0 Å². The van der Waals surface area contributed by atoms with Crippen LogP contribution < -0.4 is 0 Å². The quantitative estimate of drug-likeness (QED) is 0.647. The van der Waals surface area contributed by atoms with Gasteiger partial charge in [0.15, 0.2) is 0 Å². The van der Waals surface area contributed by atoms with E-state index >= 15 is 0 Å². The molecule has 0 fully saturated rings. The van der Waals surface area contributed by atoms with Crippen LogP contribution in [-0.2, 0) is 4.84 Å². The number of aryl methyl sites for hydroxylation is 1. The van der Waals surface area contributed by atoms with Gasteiger partial charge in [0.2, 0.25) is 0 Å². The Kier molecular flexibility index (Phi) is 4.04. The van der Waals surface area contributed by atoms with Crippen molar-refractivity contribution in [1.82, 2.24) is 10.0 Å². The summed E-state index contributed by atoms with van der Waals surface area (Å²) in [7, 11) is 0. The van der Waals surface area contributed by atoms with Crippen LogP contribution in [0.1, 0.15) is 36.1 Å². The molecule has 0 N–H and O–H groups in total. The molecule has 134 valence electrons. The van der Waals surface area contributed by atoms with E-state index in [4.69, 9.17) is 4.84 Å². The number of aromatic nitrogens is 1. The summed E-state index contributed by atoms with van der Waals surface area (Å²) in [4.78, 5) is 46.6. The van der Waals surface area contributed by atoms with Crippen LogP contribution in [-0.4, -0.2) is 27.8 Å². The van der Waals surface area contributed by atoms with Crippen molar-refractivity contribution in [3.8, 4) is 10.6 Å². The van der Waals surface area contributed by atoms with E-state index in [0.717, 1.165) is 11.3 Å². The van der Waals surface area contributed by atoms with Crippen molar-refractivity contribution in [2.45, 2.75) is 6.92 Å². The molecule has 1 aliphatic rings. The molecule has 0 saturated heterocycles. The third-order valence-corrected chi connectivity index (χ3v) is 5.19. The number of hydrogen-bond donors (Lipinski definition) is 0. The van der Waals surface area contributed by atoms with Gasteiger partial charge in [0.05, 0.1) is 16.8 Å². The summed E-state index contributed by atoms with van der Waals surface area (Å²) < 4.78 is 13.1. The maximum atomic E-state index is 13.1. The zero-order chi connectivity index (χ0) is 19.1.